The molecule has 0 fully saturated rings. The highest BCUT2D eigenvalue weighted by Gasteiger charge is 2.34. The lowest BCUT2D eigenvalue weighted by atomic mass is 9.93. The zero-order valence-electron chi connectivity index (χ0n) is 15.0. The third-order valence-corrected chi connectivity index (χ3v) is 4.39. The van der Waals surface area contributed by atoms with E-state index in [9.17, 15) is 19.5 Å². The molecule has 1 atom stereocenters. The van der Waals surface area contributed by atoms with Crippen LogP contribution in [0.3, 0.4) is 0 Å². The Bertz CT molecular complexity index is 664. The highest BCUT2D eigenvalue weighted by atomic mass is 16.4. The van der Waals surface area contributed by atoms with Gasteiger partial charge in [-0.05, 0) is 17.5 Å². The molecule has 2 N–H and O–H groups in total. The molecule has 0 radical (unpaired) electrons. The van der Waals surface area contributed by atoms with Crippen molar-refractivity contribution in [1.29, 1.82) is 0 Å². The number of fused-ring (bicyclic) bond motifs is 1. The summed E-state index contributed by atoms with van der Waals surface area (Å²) in [5, 5.41) is 12.3. The summed E-state index contributed by atoms with van der Waals surface area (Å²) < 4.78 is 0. The van der Waals surface area contributed by atoms with Crippen molar-refractivity contribution in [2.24, 2.45) is 5.41 Å². The number of aliphatic carboxylic acids is 1. The normalized spacial score (nSPS) is 16.9. The molecule has 6 heteroatoms. The summed E-state index contributed by atoms with van der Waals surface area (Å²) in [5.74, 6) is -1.23. The average Bonchev–Trinajstić information content (AvgIpc) is 2.56. The summed E-state index contributed by atoms with van der Waals surface area (Å²) in [6.07, 6.45) is 1.04. The Morgan fingerprint density at radius 1 is 1.20 bits per heavy atom. The van der Waals surface area contributed by atoms with E-state index in [1.54, 1.807) is 0 Å². The van der Waals surface area contributed by atoms with Gasteiger partial charge < -0.3 is 15.3 Å². The number of carbonyl (C=O) groups excluding carboxylic acids is 2. The van der Waals surface area contributed by atoms with Crippen molar-refractivity contribution in [2.75, 3.05) is 6.54 Å². The van der Waals surface area contributed by atoms with Crippen LogP contribution < -0.4 is 5.32 Å². The van der Waals surface area contributed by atoms with Crippen LogP contribution in [0, 0.1) is 5.41 Å². The number of rotatable bonds is 5. The van der Waals surface area contributed by atoms with Crippen molar-refractivity contribution in [1.82, 2.24) is 10.2 Å². The van der Waals surface area contributed by atoms with Gasteiger partial charge in [-0.15, -0.1) is 0 Å². The van der Waals surface area contributed by atoms with E-state index in [2.05, 4.69) is 5.32 Å². The minimum atomic E-state index is -0.983. The molecular weight excluding hydrogens is 320 g/mol. The predicted octanol–water partition coefficient (Wildman–Crippen LogP) is 1.97. The number of nitrogens with one attached hydrogen (secondary N) is 1. The van der Waals surface area contributed by atoms with Crippen LogP contribution in [0.25, 0.3) is 0 Å². The minimum absolute atomic E-state index is 0.0599. The van der Waals surface area contributed by atoms with Crippen LogP contribution in [0.4, 0.5) is 0 Å². The molecule has 0 aliphatic carbocycles. The zero-order chi connectivity index (χ0) is 18.6. The maximum Gasteiger partial charge on any atom is 0.326 e. The monoisotopic (exact) mass is 346 g/mol. The van der Waals surface area contributed by atoms with Gasteiger partial charge in [-0.1, -0.05) is 45.0 Å². The lowest BCUT2D eigenvalue weighted by Crippen LogP contribution is -2.48. The number of hydrogen-bond donors (Lipinski definition) is 2. The molecule has 0 spiro atoms. The Morgan fingerprint density at radius 2 is 1.84 bits per heavy atom. The first-order valence-corrected chi connectivity index (χ1v) is 8.57. The van der Waals surface area contributed by atoms with Gasteiger partial charge in [-0.25, -0.2) is 4.79 Å². The van der Waals surface area contributed by atoms with Crippen LogP contribution in [-0.2, 0) is 27.3 Å². The molecule has 1 heterocycles. The highest BCUT2D eigenvalue weighted by molar-refractivity contribution is 5.84. The van der Waals surface area contributed by atoms with Crippen molar-refractivity contribution in [3.63, 3.8) is 0 Å². The van der Waals surface area contributed by atoms with Crippen molar-refractivity contribution in [3.8, 4) is 0 Å². The van der Waals surface area contributed by atoms with Gasteiger partial charge in [0.25, 0.3) is 0 Å². The Labute approximate surface area is 148 Å². The molecule has 6 nitrogen and oxygen atoms in total. The fraction of sp³-hybridized carbons (Fsp3) is 0.526. The third kappa shape index (κ3) is 4.81. The first-order chi connectivity index (χ1) is 11.7. The number of benzene rings is 1. The van der Waals surface area contributed by atoms with Gasteiger partial charge >= 0.3 is 5.97 Å². The number of hydrogen-bond acceptors (Lipinski definition) is 3. The van der Waals surface area contributed by atoms with E-state index in [0.29, 0.717) is 25.9 Å². The van der Waals surface area contributed by atoms with E-state index < -0.39 is 17.4 Å². The summed E-state index contributed by atoms with van der Waals surface area (Å²) in [6, 6.07) is 6.79. The molecule has 0 bridgehead atoms. The molecule has 2 amide bonds. The molecule has 1 aliphatic rings. The average molecular weight is 346 g/mol. The van der Waals surface area contributed by atoms with Crippen molar-refractivity contribution < 1.29 is 19.5 Å². The van der Waals surface area contributed by atoms with Gasteiger partial charge in [0.2, 0.25) is 11.8 Å². The van der Waals surface area contributed by atoms with Crippen LogP contribution in [0.1, 0.15) is 44.7 Å². The summed E-state index contributed by atoms with van der Waals surface area (Å²) in [4.78, 5) is 37.3. The molecule has 0 saturated carbocycles. The molecule has 1 unspecified atom stereocenters. The maximum absolute atomic E-state index is 12.5. The Balaban J connectivity index is 1.93. The first-order valence-electron chi connectivity index (χ1n) is 8.57. The molecule has 0 saturated heterocycles. The van der Waals surface area contributed by atoms with Crippen LogP contribution in [-0.4, -0.2) is 40.4 Å². The minimum Gasteiger partial charge on any atom is -0.480 e. The maximum atomic E-state index is 12.5. The fourth-order valence-electron chi connectivity index (χ4n) is 2.86. The summed E-state index contributed by atoms with van der Waals surface area (Å²) in [6.45, 7) is 6.21. The Morgan fingerprint density at radius 3 is 2.44 bits per heavy atom. The van der Waals surface area contributed by atoms with Crippen molar-refractivity contribution in [2.45, 2.75) is 52.6 Å². The van der Waals surface area contributed by atoms with Gasteiger partial charge in [0.15, 0.2) is 0 Å². The van der Waals surface area contributed by atoms with E-state index in [1.165, 1.54) is 4.90 Å². The molecule has 25 heavy (non-hydrogen) atoms. The van der Waals surface area contributed by atoms with E-state index in [4.69, 9.17) is 0 Å². The third-order valence-electron chi connectivity index (χ3n) is 4.39. The SMILES string of the molecule is CC(C)(C)C(=O)NCCCC(=O)N1Cc2ccccc2CC1C(=O)O. The number of carboxylic acid groups (broad SMARTS) is 1. The second-order valence-electron chi connectivity index (χ2n) is 7.46. The number of carboxylic acids is 1. The largest absolute Gasteiger partial charge is 0.480 e. The molecule has 1 aromatic carbocycles. The summed E-state index contributed by atoms with van der Waals surface area (Å²) in [5.41, 5.74) is 1.51. The topological polar surface area (TPSA) is 86.7 Å². The lowest BCUT2D eigenvalue weighted by molar-refractivity contribution is -0.151. The van der Waals surface area contributed by atoms with E-state index >= 15 is 0 Å². The van der Waals surface area contributed by atoms with Gasteiger partial charge in [0.05, 0.1) is 0 Å². The quantitative estimate of drug-likeness (QED) is 0.798. The molecular formula is C19H26N2O4. The van der Waals surface area contributed by atoms with E-state index in [0.717, 1.165) is 11.1 Å². The Hall–Kier alpha value is -2.37. The summed E-state index contributed by atoms with van der Waals surface area (Å²) >= 11 is 0. The number of amides is 2. The standard InChI is InChI=1S/C19H26N2O4/c1-19(2,3)18(25)20-10-6-9-16(22)21-12-14-8-5-4-7-13(14)11-15(21)17(23)24/h4-5,7-8,15H,6,9-12H2,1-3H3,(H,20,25)(H,23,24). The summed E-state index contributed by atoms with van der Waals surface area (Å²) in [7, 11) is 0. The van der Waals surface area contributed by atoms with Gasteiger partial charge in [-0.3, -0.25) is 9.59 Å². The lowest BCUT2D eigenvalue weighted by Gasteiger charge is -2.34. The molecule has 0 aromatic heterocycles. The zero-order valence-corrected chi connectivity index (χ0v) is 15.0. The second kappa shape index (κ2) is 7.68. The van der Waals surface area contributed by atoms with Crippen LogP contribution in [0.15, 0.2) is 24.3 Å². The second-order valence-corrected chi connectivity index (χ2v) is 7.46. The van der Waals surface area contributed by atoms with E-state index in [1.807, 2.05) is 45.0 Å². The smallest absolute Gasteiger partial charge is 0.326 e. The predicted molar refractivity (Wildman–Crippen MR) is 93.8 cm³/mol. The van der Waals surface area contributed by atoms with Crippen molar-refractivity contribution in [3.05, 3.63) is 35.4 Å². The number of carbonyl (C=O) groups is 3. The van der Waals surface area contributed by atoms with Gasteiger partial charge in [0, 0.05) is 31.3 Å². The highest BCUT2D eigenvalue weighted by Crippen LogP contribution is 2.24. The Kier molecular flexibility index (Phi) is 5.82. The first kappa shape index (κ1) is 19.0. The van der Waals surface area contributed by atoms with Gasteiger partial charge in [-0.2, -0.15) is 0 Å². The van der Waals surface area contributed by atoms with Gasteiger partial charge in [0.1, 0.15) is 6.04 Å². The molecule has 1 aromatic rings. The van der Waals surface area contributed by atoms with Crippen LogP contribution in [0.5, 0.6) is 0 Å². The molecule has 2 rings (SSSR count). The van der Waals surface area contributed by atoms with Crippen LogP contribution in [0.2, 0.25) is 0 Å². The van der Waals surface area contributed by atoms with E-state index in [-0.39, 0.29) is 18.2 Å². The fourth-order valence-corrected chi connectivity index (χ4v) is 2.86. The van der Waals surface area contributed by atoms with Crippen molar-refractivity contribution >= 4 is 17.8 Å². The van der Waals surface area contributed by atoms with Crippen LogP contribution >= 0.6 is 0 Å². The number of nitrogens with zero attached hydrogens (tertiary/aromatic N) is 1. The molecule has 136 valence electrons. The molecule has 1 aliphatic heterocycles.